The van der Waals surface area contributed by atoms with E-state index in [2.05, 4.69) is 32.9 Å². The van der Waals surface area contributed by atoms with Crippen molar-refractivity contribution in [3.63, 3.8) is 0 Å². The summed E-state index contributed by atoms with van der Waals surface area (Å²) >= 11 is 1.73. The topological polar surface area (TPSA) is 79.8 Å². The van der Waals surface area contributed by atoms with Crippen LogP contribution in [0.15, 0.2) is 34.4 Å². The summed E-state index contributed by atoms with van der Waals surface area (Å²) in [6.45, 7) is 4.45. The first-order valence-corrected chi connectivity index (χ1v) is 10.6. The lowest BCUT2D eigenvalue weighted by Gasteiger charge is -2.08. The summed E-state index contributed by atoms with van der Waals surface area (Å²) in [5.41, 5.74) is 4.29. The fourth-order valence-electron chi connectivity index (χ4n) is 3.95. The molecule has 0 saturated heterocycles. The largest absolute Gasteiger partial charge is 0.356 e. The molecule has 4 rings (SSSR count). The summed E-state index contributed by atoms with van der Waals surface area (Å²) in [4.78, 5) is 27.7. The van der Waals surface area contributed by atoms with Crippen molar-refractivity contribution in [2.75, 3.05) is 6.54 Å². The summed E-state index contributed by atoms with van der Waals surface area (Å²) in [5.74, 6) is -0.0358. The Hall–Kier alpha value is -2.93. The molecule has 29 heavy (non-hydrogen) atoms. The van der Waals surface area contributed by atoms with E-state index in [1.807, 2.05) is 33.0 Å². The molecule has 0 radical (unpaired) electrons. The van der Waals surface area contributed by atoms with Crippen molar-refractivity contribution in [2.45, 2.75) is 33.1 Å². The van der Waals surface area contributed by atoms with Crippen molar-refractivity contribution >= 4 is 38.4 Å². The Morgan fingerprint density at radius 2 is 2.03 bits per heavy atom. The van der Waals surface area contributed by atoms with Crippen LogP contribution in [0.5, 0.6) is 0 Å². The average Bonchev–Trinajstić information content (AvgIpc) is 3.22. The highest BCUT2D eigenvalue weighted by Crippen LogP contribution is 2.25. The van der Waals surface area contributed by atoms with Gasteiger partial charge in [-0.3, -0.25) is 14.3 Å². The molecule has 1 amide bonds. The molecule has 0 aliphatic heterocycles. The minimum Gasteiger partial charge on any atom is -0.356 e. The van der Waals surface area contributed by atoms with Crippen molar-refractivity contribution in [2.24, 2.45) is 7.05 Å². The molecule has 0 atom stereocenters. The first-order valence-electron chi connectivity index (χ1n) is 9.72. The van der Waals surface area contributed by atoms with Crippen molar-refractivity contribution in [1.29, 1.82) is 0 Å². The van der Waals surface area contributed by atoms with Crippen LogP contribution in [0.3, 0.4) is 0 Å². The Balaban J connectivity index is 1.38. The molecule has 0 spiro atoms. The highest BCUT2D eigenvalue weighted by molar-refractivity contribution is 7.17. The van der Waals surface area contributed by atoms with E-state index in [9.17, 15) is 9.59 Å². The Morgan fingerprint density at radius 3 is 2.86 bits per heavy atom. The molecule has 2 N–H and O–H groups in total. The van der Waals surface area contributed by atoms with E-state index in [0.29, 0.717) is 24.9 Å². The van der Waals surface area contributed by atoms with Gasteiger partial charge in [0.1, 0.15) is 5.65 Å². The first kappa shape index (κ1) is 19.4. The Morgan fingerprint density at radius 1 is 1.24 bits per heavy atom. The molecule has 4 aromatic rings. The number of hydrogen-bond acceptors (Lipinski definition) is 4. The number of benzene rings is 1. The number of aromatic nitrogens is 3. The smallest absolute Gasteiger partial charge is 0.253 e. The number of amides is 1. The lowest BCUT2D eigenvalue weighted by Crippen LogP contribution is -2.27. The molecule has 3 heterocycles. The number of carbonyl (C=O) groups excluding carboxylic acids is 1. The number of aromatic amines is 1. The van der Waals surface area contributed by atoms with Crippen LogP contribution >= 0.6 is 11.3 Å². The first-order chi connectivity index (χ1) is 14.0. The van der Waals surface area contributed by atoms with E-state index >= 15 is 0 Å². The van der Waals surface area contributed by atoms with Crippen molar-refractivity contribution < 1.29 is 4.79 Å². The minimum atomic E-state index is -0.143. The summed E-state index contributed by atoms with van der Waals surface area (Å²) < 4.78 is 2.95. The molecule has 0 unspecified atom stereocenters. The second-order valence-electron chi connectivity index (χ2n) is 7.35. The molecule has 6 nitrogen and oxygen atoms in total. The number of aryl methyl sites for hydroxylation is 3. The Labute approximate surface area is 172 Å². The number of carbonyl (C=O) groups is 1. The molecule has 0 aliphatic rings. The zero-order chi connectivity index (χ0) is 20.5. The van der Waals surface area contributed by atoms with E-state index in [1.54, 1.807) is 16.0 Å². The number of rotatable bonds is 6. The summed E-state index contributed by atoms with van der Waals surface area (Å²) in [6.07, 6.45) is 1.51. The molecule has 0 bridgehead atoms. The van der Waals surface area contributed by atoms with Gasteiger partial charge in [-0.05, 0) is 54.6 Å². The molecule has 7 heteroatoms. The molecule has 0 fully saturated rings. The summed E-state index contributed by atoms with van der Waals surface area (Å²) in [5, 5.41) is 11.7. The number of thiophene rings is 1. The van der Waals surface area contributed by atoms with Gasteiger partial charge in [-0.25, -0.2) is 0 Å². The van der Waals surface area contributed by atoms with Crippen LogP contribution in [0.1, 0.15) is 28.8 Å². The fraction of sp³-hybridized carbons (Fsp3) is 0.318. The fourth-order valence-corrected chi connectivity index (χ4v) is 4.94. The second-order valence-corrected chi connectivity index (χ2v) is 8.26. The van der Waals surface area contributed by atoms with Crippen LogP contribution in [0.4, 0.5) is 0 Å². The third-order valence-electron chi connectivity index (χ3n) is 5.44. The molecule has 150 valence electrons. The zero-order valence-corrected chi connectivity index (χ0v) is 17.7. The Bertz CT molecular complexity index is 1270. The quantitative estimate of drug-likeness (QED) is 0.513. The normalized spacial score (nSPS) is 11.4. The number of nitrogens with one attached hydrogen (secondary N) is 2. The number of pyridine rings is 1. The van der Waals surface area contributed by atoms with E-state index in [0.717, 1.165) is 28.7 Å². The highest BCUT2D eigenvalue weighted by atomic mass is 32.1. The molecule has 1 aromatic carbocycles. The van der Waals surface area contributed by atoms with Crippen LogP contribution in [0.2, 0.25) is 0 Å². The number of hydrogen-bond donors (Lipinski definition) is 2. The SMILES string of the molecule is Cc1nn(C)c2[nH]c(=O)c(CCC(=O)NCCc3csc4ccccc34)c(C)c12. The number of fused-ring (bicyclic) bond motifs is 2. The predicted octanol–water partition coefficient (Wildman–Crippen LogP) is 3.38. The van der Waals surface area contributed by atoms with Gasteiger partial charge in [-0.15, -0.1) is 11.3 Å². The van der Waals surface area contributed by atoms with Crippen LogP contribution in [0.25, 0.3) is 21.1 Å². The van der Waals surface area contributed by atoms with Gasteiger partial charge in [-0.1, -0.05) is 18.2 Å². The van der Waals surface area contributed by atoms with Crippen LogP contribution < -0.4 is 10.9 Å². The van der Waals surface area contributed by atoms with Gasteiger partial charge in [0, 0.05) is 35.7 Å². The average molecular weight is 409 g/mol. The van der Waals surface area contributed by atoms with Gasteiger partial charge in [-0.2, -0.15) is 5.10 Å². The molecule has 3 aromatic heterocycles. The highest BCUT2D eigenvalue weighted by Gasteiger charge is 2.16. The van der Waals surface area contributed by atoms with E-state index in [4.69, 9.17) is 0 Å². The maximum atomic E-state index is 12.5. The molecule has 0 saturated carbocycles. The monoisotopic (exact) mass is 408 g/mol. The summed E-state index contributed by atoms with van der Waals surface area (Å²) in [6, 6.07) is 8.31. The lowest BCUT2D eigenvalue weighted by molar-refractivity contribution is -0.121. The summed E-state index contributed by atoms with van der Waals surface area (Å²) in [7, 11) is 1.81. The number of nitrogens with zero attached hydrogens (tertiary/aromatic N) is 2. The third kappa shape index (κ3) is 3.70. The van der Waals surface area contributed by atoms with Crippen molar-refractivity contribution in [1.82, 2.24) is 20.1 Å². The zero-order valence-electron chi connectivity index (χ0n) is 16.8. The Kier molecular flexibility index (Phi) is 5.24. The van der Waals surface area contributed by atoms with Crippen LogP contribution in [-0.2, 0) is 24.7 Å². The number of H-pyrrole nitrogens is 1. The van der Waals surface area contributed by atoms with Crippen molar-refractivity contribution in [3.8, 4) is 0 Å². The standard InChI is InChI=1S/C22H24N4O2S/c1-13-16(22(28)24-21-20(13)14(2)25-26(21)3)8-9-19(27)23-11-10-15-12-29-18-7-5-4-6-17(15)18/h4-7,12H,8-11H2,1-3H3,(H,23,27)(H,24,28). The maximum Gasteiger partial charge on any atom is 0.253 e. The van der Waals surface area contributed by atoms with Gasteiger partial charge in [0.15, 0.2) is 0 Å². The van der Waals surface area contributed by atoms with Crippen LogP contribution in [0, 0.1) is 13.8 Å². The maximum absolute atomic E-state index is 12.5. The van der Waals surface area contributed by atoms with Gasteiger partial charge in [0.05, 0.1) is 5.69 Å². The molecular weight excluding hydrogens is 384 g/mol. The van der Waals surface area contributed by atoms with Gasteiger partial charge >= 0.3 is 0 Å². The van der Waals surface area contributed by atoms with Crippen molar-refractivity contribution in [3.05, 3.63) is 62.4 Å². The van der Waals surface area contributed by atoms with E-state index < -0.39 is 0 Å². The van der Waals surface area contributed by atoms with Gasteiger partial charge < -0.3 is 10.3 Å². The third-order valence-corrected chi connectivity index (χ3v) is 6.45. The van der Waals surface area contributed by atoms with Crippen LogP contribution in [-0.4, -0.2) is 27.2 Å². The molecular formula is C22H24N4O2S. The second kappa shape index (κ2) is 7.83. The predicted molar refractivity (Wildman–Crippen MR) is 118 cm³/mol. The molecule has 0 aliphatic carbocycles. The van der Waals surface area contributed by atoms with Gasteiger partial charge in [0.25, 0.3) is 5.56 Å². The van der Waals surface area contributed by atoms with Gasteiger partial charge in [0.2, 0.25) is 5.91 Å². The van der Waals surface area contributed by atoms with E-state index in [1.165, 1.54) is 15.6 Å². The van der Waals surface area contributed by atoms with E-state index in [-0.39, 0.29) is 11.5 Å². The lowest BCUT2D eigenvalue weighted by atomic mass is 10.0. The minimum absolute atomic E-state index is 0.0358.